The van der Waals surface area contributed by atoms with Crippen molar-refractivity contribution in [2.75, 3.05) is 11.9 Å². The van der Waals surface area contributed by atoms with Gasteiger partial charge in [-0.1, -0.05) is 25.1 Å². The second-order valence-corrected chi connectivity index (χ2v) is 4.39. The molecule has 0 bridgehead atoms. The topological polar surface area (TPSA) is 58.4 Å². The Morgan fingerprint density at radius 3 is 3.00 bits per heavy atom. The van der Waals surface area contributed by atoms with Gasteiger partial charge in [0.05, 0.1) is 0 Å². The maximum absolute atomic E-state index is 11.4. The summed E-state index contributed by atoms with van der Waals surface area (Å²) >= 11 is 0. The Bertz CT molecular complexity index is 405. The summed E-state index contributed by atoms with van der Waals surface area (Å²) in [4.78, 5) is 13.1. The Balaban J connectivity index is 2.13. The molecule has 0 saturated heterocycles. The van der Waals surface area contributed by atoms with Crippen LogP contribution in [0, 0.1) is 0 Å². The maximum atomic E-state index is 11.4. The summed E-state index contributed by atoms with van der Waals surface area (Å²) in [6, 6.07) is 7.87. The molecular formula is C13H19N3O. The molecule has 1 aromatic rings. The van der Waals surface area contributed by atoms with Crippen molar-refractivity contribution >= 4 is 11.7 Å². The quantitative estimate of drug-likeness (QED) is 0.840. The summed E-state index contributed by atoms with van der Waals surface area (Å²) in [6.07, 6.45) is 2.85. The van der Waals surface area contributed by atoms with Crippen LogP contribution in [0.1, 0.15) is 25.3 Å². The van der Waals surface area contributed by atoms with E-state index in [-0.39, 0.29) is 12.2 Å². The number of carbonyl (C=O) groups excluding carboxylic acids is 1. The average Bonchev–Trinajstić information content (AvgIpc) is 2.35. The lowest BCUT2D eigenvalue weighted by Crippen LogP contribution is -2.49. The van der Waals surface area contributed by atoms with Gasteiger partial charge in [-0.05, 0) is 30.9 Å². The monoisotopic (exact) mass is 233 g/mol. The van der Waals surface area contributed by atoms with Crippen molar-refractivity contribution in [1.82, 2.24) is 4.90 Å². The van der Waals surface area contributed by atoms with Gasteiger partial charge in [0, 0.05) is 12.2 Å². The van der Waals surface area contributed by atoms with Crippen LogP contribution in [0.25, 0.3) is 0 Å². The SMILES string of the molecule is CCCN(C(N)=O)C1CCc2ccccc2N1. The first kappa shape index (κ1) is 11.8. The normalized spacial score (nSPS) is 18.1. The van der Waals surface area contributed by atoms with Gasteiger partial charge in [-0.15, -0.1) is 0 Å². The van der Waals surface area contributed by atoms with Crippen molar-refractivity contribution < 1.29 is 4.79 Å². The molecule has 2 rings (SSSR count). The number of amides is 2. The number of urea groups is 1. The number of nitrogens with zero attached hydrogens (tertiary/aromatic N) is 1. The third-order valence-corrected chi connectivity index (χ3v) is 3.15. The number of anilines is 1. The number of rotatable bonds is 3. The predicted octanol–water partition coefficient (Wildman–Crippen LogP) is 2.16. The molecule has 2 amide bonds. The van der Waals surface area contributed by atoms with Crippen LogP contribution in [0.15, 0.2) is 24.3 Å². The second-order valence-electron chi connectivity index (χ2n) is 4.39. The van der Waals surface area contributed by atoms with E-state index in [9.17, 15) is 4.79 Å². The fourth-order valence-electron chi connectivity index (χ4n) is 2.32. The Kier molecular flexibility index (Phi) is 3.52. The smallest absolute Gasteiger partial charge is 0.316 e. The molecule has 0 fully saturated rings. The first-order valence-corrected chi connectivity index (χ1v) is 6.13. The molecule has 92 valence electrons. The highest BCUT2D eigenvalue weighted by atomic mass is 16.2. The summed E-state index contributed by atoms with van der Waals surface area (Å²) in [6.45, 7) is 2.75. The molecule has 0 aliphatic carbocycles. The highest BCUT2D eigenvalue weighted by Gasteiger charge is 2.24. The molecule has 0 spiro atoms. The van der Waals surface area contributed by atoms with E-state index in [2.05, 4.69) is 11.4 Å². The van der Waals surface area contributed by atoms with E-state index in [0.717, 1.165) is 24.9 Å². The van der Waals surface area contributed by atoms with E-state index in [1.807, 2.05) is 25.1 Å². The van der Waals surface area contributed by atoms with Gasteiger partial charge in [0.15, 0.2) is 0 Å². The summed E-state index contributed by atoms with van der Waals surface area (Å²) in [5.41, 5.74) is 7.85. The number of carbonyl (C=O) groups is 1. The summed E-state index contributed by atoms with van der Waals surface area (Å²) in [7, 11) is 0. The summed E-state index contributed by atoms with van der Waals surface area (Å²) < 4.78 is 0. The number of primary amides is 1. The molecular weight excluding hydrogens is 214 g/mol. The molecule has 1 unspecified atom stereocenters. The second kappa shape index (κ2) is 5.08. The Morgan fingerprint density at radius 1 is 1.53 bits per heavy atom. The Morgan fingerprint density at radius 2 is 2.29 bits per heavy atom. The lowest BCUT2D eigenvalue weighted by molar-refractivity contribution is 0.186. The minimum Gasteiger partial charge on any atom is -0.365 e. The molecule has 4 nitrogen and oxygen atoms in total. The molecule has 0 saturated carbocycles. The van der Waals surface area contributed by atoms with Crippen LogP contribution in [0.4, 0.5) is 10.5 Å². The van der Waals surface area contributed by atoms with E-state index in [0.29, 0.717) is 6.54 Å². The highest BCUT2D eigenvalue weighted by molar-refractivity contribution is 5.73. The summed E-state index contributed by atoms with van der Waals surface area (Å²) in [5.74, 6) is 0. The van der Waals surface area contributed by atoms with E-state index in [1.54, 1.807) is 4.90 Å². The highest BCUT2D eigenvalue weighted by Crippen LogP contribution is 2.25. The minimum atomic E-state index is -0.344. The van der Waals surface area contributed by atoms with Gasteiger partial charge in [0.1, 0.15) is 6.17 Å². The van der Waals surface area contributed by atoms with Crippen molar-refractivity contribution in [2.24, 2.45) is 5.73 Å². The third-order valence-electron chi connectivity index (χ3n) is 3.15. The van der Waals surface area contributed by atoms with Crippen LogP contribution in [0.2, 0.25) is 0 Å². The zero-order chi connectivity index (χ0) is 12.3. The van der Waals surface area contributed by atoms with Gasteiger partial charge in [-0.3, -0.25) is 0 Å². The van der Waals surface area contributed by atoms with Crippen LogP contribution >= 0.6 is 0 Å². The van der Waals surface area contributed by atoms with Gasteiger partial charge in [-0.2, -0.15) is 0 Å². The molecule has 0 radical (unpaired) electrons. The first-order valence-electron chi connectivity index (χ1n) is 6.13. The maximum Gasteiger partial charge on any atom is 0.316 e. The van der Waals surface area contributed by atoms with Gasteiger partial charge in [-0.25, -0.2) is 4.79 Å². The zero-order valence-electron chi connectivity index (χ0n) is 10.1. The molecule has 4 heteroatoms. The molecule has 1 aliphatic rings. The number of nitrogens with one attached hydrogen (secondary N) is 1. The lowest BCUT2D eigenvalue weighted by atomic mass is 10.0. The van der Waals surface area contributed by atoms with Crippen LogP contribution < -0.4 is 11.1 Å². The lowest BCUT2D eigenvalue weighted by Gasteiger charge is -2.35. The molecule has 1 aromatic carbocycles. The van der Waals surface area contributed by atoms with Crippen molar-refractivity contribution in [3.8, 4) is 0 Å². The number of hydrogen-bond donors (Lipinski definition) is 2. The molecule has 1 atom stereocenters. The van der Waals surface area contributed by atoms with Crippen molar-refractivity contribution in [3.63, 3.8) is 0 Å². The number of nitrogens with two attached hydrogens (primary N) is 1. The Hall–Kier alpha value is -1.71. The van der Waals surface area contributed by atoms with E-state index < -0.39 is 0 Å². The van der Waals surface area contributed by atoms with Crippen LogP contribution in [0.3, 0.4) is 0 Å². The number of fused-ring (bicyclic) bond motifs is 1. The fraction of sp³-hybridized carbons (Fsp3) is 0.462. The zero-order valence-corrected chi connectivity index (χ0v) is 10.1. The molecule has 17 heavy (non-hydrogen) atoms. The number of benzene rings is 1. The largest absolute Gasteiger partial charge is 0.365 e. The van der Waals surface area contributed by atoms with Gasteiger partial charge in [0.25, 0.3) is 0 Å². The number of hydrogen-bond acceptors (Lipinski definition) is 2. The van der Waals surface area contributed by atoms with E-state index in [1.165, 1.54) is 5.56 Å². The van der Waals surface area contributed by atoms with Crippen molar-refractivity contribution in [1.29, 1.82) is 0 Å². The van der Waals surface area contributed by atoms with Crippen LogP contribution in [-0.4, -0.2) is 23.6 Å². The summed E-state index contributed by atoms with van der Waals surface area (Å²) in [5, 5.41) is 3.39. The standard InChI is InChI=1S/C13H19N3O/c1-2-9-16(13(14)17)12-8-7-10-5-3-4-6-11(10)15-12/h3-6,12,15H,2,7-9H2,1H3,(H2,14,17). The third kappa shape index (κ3) is 2.52. The minimum absolute atomic E-state index is 0.0300. The molecule has 0 aromatic heterocycles. The number of aryl methyl sites for hydroxylation is 1. The van der Waals surface area contributed by atoms with Gasteiger partial charge < -0.3 is 16.0 Å². The molecule has 1 heterocycles. The van der Waals surface area contributed by atoms with Crippen LogP contribution in [0.5, 0.6) is 0 Å². The van der Waals surface area contributed by atoms with E-state index >= 15 is 0 Å². The fourth-order valence-corrected chi connectivity index (χ4v) is 2.32. The van der Waals surface area contributed by atoms with E-state index in [4.69, 9.17) is 5.73 Å². The van der Waals surface area contributed by atoms with Crippen molar-refractivity contribution in [3.05, 3.63) is 29.8 Å². The van der Waals surface area contributed by atoms with Gasteiger partial charge >= 0.3 is 6.03 Å². The molecule has 1 aliphatic heterocycles. The van der Waals surface area contributed by atoms with Crippen LogP contribution in [-0.2, 0) is 6.42 Å². The molecule has 3 N–H and O–H groups in total. The Labute approximate surface area is 102 Å². The van der Waals surface area contributed by atoms with Crippen molar-refractivity contribution in [2.45, 2.75) is 32.4 Å². The number of para-hydroxylation sites is 1. The van der Waals surface area contributed by atoms with Gasteiger partial charge in [0.2, 0.25) is 0 Å². The predicted molar refractivity (Wildman–Crippen MR) is 68.8 cm³/mol. The first-order chi connectivity index (χ1) is 8.22. The average molecular weight is 233 g/mol.